The molecule has 42 heavy (non-hydrogen) atoms. The molecule has 1 aliphatic carbocycles. The van der Waals surface area contributed by atoms with Gasteiger partial charge in [-0.3, -0.25) is 19.3 Å². The number of aromatic nitrogens is 1. The first-order valence-corrected chi connectivity index (χ1v) is 14.3. The number of carboxylic acid groups (broad SMARTS) is 1. The molecule has 0 fully saturated rings. The summed E-state index contributed by atoms with van der Waals surface area (Å²) >= 11 is 1.43. The van der Waals surface area contributed by atoms with E-state index in [1.165, 1.54) is 40.8 Å². The minimum atomic E-state index is -1.20. The standard InChI is InChI=1S/C18H14FNO2.C12H18N2O5S/c19-12-2-6-17-16(10-12)15-4-1-11-9-13(22-8-7-21)3-5-14(11)18(15)20-17;1-7(13-3)11-14(6-15)10(12(17)18)9(5-20-11)4-19-8(2)16/h2-3,5-7,9-10,20H,1,4,8H2;6-7,11,13H,4-5H2,1-3H3,(H,17,18). The molecule has 0 bridgehead atoms. The average Bonchev–Trinajstić information content (AvgIpc) is 3.36. The molecule has 0 spiro atoms. The summed E-state index contributed by atoms with van der Waals surface area (Å²) in [5.41, 5.74) is 5.81. The summed E-state index contributed by atoms with van der Waals surface area (Å²) < 4.78 is 23.7. The number of carbonyl (C=O) groups is 4. The summed E-state index contributed by atoms with van der Waals surface area (Å²) in [5, 5.41) is 13.0. The predicted molar refractivity (Wildman–Crippen MR) is 157 cm³/mol. The third kappa shape index (κ3) is 6.66. The van der Waals surface area contributed by atoms with Crippen LogP contribution in [0.5, 0.6) is 5.75 Å². The van der Waals surface area contributed by atoms with Gasteiger partial charge in [0.15, 0.2) is 6.29 Å². The Hall–Kier alpha value is -4.16. The van der Waals surface area contributed by atoms with E-state index in [0.29, 0.717) is 23.5 Å². The molecule has 0 radical (unpaired) electrons. The maximum Gasteiger partial charge on any atom is 0.352 e. The number of thioether (sulfide) groups is 1. The SMILES string of the molecule is CNC(C)C1SCC(COC(C)=O)=C(C(=O)O)N1C=O.O=CCOc1ccc2c(c1)CCc1c-2[nH]c2ccc(F)cc12. The normalized spacial score (nSPS) is 16.5. The summed E-state index contributed by atoms with van der Waals surface area (Å²) in [4.78, 5) is 48.5. The summed E-state index contributed by atoms with van der Waals surface area (Å²) in [6.45, 7) is 3.07. The van der Waals surface area contributed by atoms with Crippen LogP contribution in [0.25, 0.3) is 22.2 Å². The lowest BCUT2D eigenvalue weighted by atomic mass is 9.89. The number of amides is 1. The van der Waals surface area contributed by atoms with Crippen molar-refractivity contribution in [2.45, 2.75) is 38.1 Å². The van der Waals surface area contributed by atoms with Crippen LogP contribution < -0.4 is 10.1 Å². The van der Waals surface area contributed by atoms with Crippen LogP contribution >= 0.6 is 11.8 Å². The van der Waals surface area contributed by atoms with Crippen molar-refractivity contribution in [3.63, 3.8) is 0 Å². The van der Waals surface area contributed by atoms with E-state index >= 15 is 0 Å². The Morgan fingerprint density at radius 1 is 1.24 bits per heavy atom. The number of aliphatic carboxylic acids is 1. The molecule has 1 aromatic heterocycles. The fourth-order valence-corrected chi connectivity index (χ4v) is 6.39. The van der Waals surface area contributed by atoms with Crippen LogP contribution in [-0.4, -0.2) is 77.1 Å². The lowest BCUT2D eigenvalue weighted by Crippen LogP contribution is -2.48. The average molecular weight is 598 g/mol. The molecular weight excluding hydrogens is 565 g/mol. The Kier molecular flexibility index (Phi) is 10.0. The number of carboxylic acids is 1. The van der Waals surface area contributed by atoms with Gasteiger partial charge in [0.1, 0.15) is 30.5 Å². The maximum atomic E-state index is 13.5. The topological polar surface area (TPSA) is 138 Å². The van der Waals surface area contributed by atoms with Crippen LogP contribution in [0.15, 0.2) is 47.7 Å². The highest BCUT2D eigenvalue weighted by Gasteiger charge is 2.35. The van der Waals surface area contributed by atoms with Crippen LogP contribution in [0.1, 0.15) is 25.0 Å². The highest BCUT2D eigenvalue weighted by Crippen LogP contribution is 2.39. The van der Waals surface area contributed by atoms with E-state index in [-0.39, 0.29) is 36.1 Å². The number of nitrogens with zero attached hydrogens (tertiary/aromatic N) is 1. The monoisotopic (exact) mass is 597 g/mol. The molecule has 2 aliphatic rings. The van der Waals surface area contributed by atoms with Gasteiger partial charge in [0.25, 0.3) is 0 Å². The first kappa shape index (κ1) is 30.8. The number of carbonyl (C=O) groups excluding carboxylic acids is 3. The molecule has 2 aromatic carbocycles. The lowest BCUT2D eigenvalue weighted by Gasteiger charge is -2.37. The third-order valence-corrected chi connectivity index (χ3v) is 8.61. The van der Waals surface area contributed by atoms with Gasteiger partial charge in [0, 0.05) is 46.5 Å². The van der Waals surface area contributed by atoms with Crippen molar-refractivity contribution in [3.8, 4) is 17.0 Å². The van der Waals surface area contributed by atoms with Crippen LogP contribution in [0.4, 0.5) is 4.39 Å². The van der Waals surface area contributed by atoms with Crippen LogP contribution in [0.2, 0.25) is 0 Å². The maximum absolute atomic E-state index is 13.5. The second kappa shape index (κ2) is 13.7. The minimum Gasteiger partial charge on any atom is -0.486 e. The van der Waals surface area contributed by atoms with Crippen molar-refractivity contribution >= 4 is 47.3 Å². The molecule has 1 aliphatic heterocycles. The number of esters is 1. The highest BCUT2D eigenvalue weighted by molar-refractivity contribution is 8.00. The molecule has 5 rings (SSSR count). The Morgan fingerprint density at radius 3 is 2.69 bits per heavy atom. The summed E-state index contributed by atoms with van der Waals surface area (Å²) in [7, 11) is 1.74. The number of likely N-dealkylation sites (N-methyl/N-ethyl adjacent to an activating group) is 1. The zero-order valence-corrected chi connectivity index (χ0v) is 24.3. The number of aryl methyl sites for hydroxylation is 2. The van der Waals surface area contributed by atoms with Crippen molar-refractivity contribution in [2.75, 3.05) is 26.0 Å². The molecule has 0 saturated heterocycles. The number of hydrogen-bond acceptors (Lipinski definition) is 8. The molecule has 222 valence electrons. The Labute approximate surface area is 246 Å². The quantitative estimate of drug-likeness (QED) is 0.249. The Bertz CT molecular complexity index is 1540. The zero-order chi connectivity index (χ0) is 30.4. The van der Waals surface area contributed by atoms with Crippen LogP contribution in [0.3, 0.4) is 0 Å². The van der Waals surface area contributed by atoms with Gasteiger partial charge >= 0.3 is 11.9 Å². The molecule has 10 nitrogen and oxygen atoms in total. The van der Waals surface area contributed by atoms with Crippen LogP contribution in [0, 0.1) is 5.82 Å². The van der Waals surface area contributed by atoms with E-state index in [0.717, 1.165) is 41.3 Å². The number of H-pyrrole nitrogens is 1. The first-order chi connectivity index (χ1) is 20.2. The van der Waals surface area contributed by atoms with Crippen molar-refractivity contribution in [3.05, 3.63) is 64.6 Å². The fraction of sp³-hybridized carbons (Fsp3) is 0.333. The highest BCUT2D eigenvalue weighted by atomic mass is 32.2. The molecule has 3 aromatic rings. The first-order valence-electron chi connectivity index (χ1n) is 13.3. The number of nitrogens with one attached hydrogen (secondary N) is 2. The van der Waals surface area contributed by atoms with E-state index in [2.05, 4.69) is 10.3 Å². The zero-order valence-electron chi connectivity index (χ0n) is 23.4. The molecule has 12 heteroatoms. The second-order valence-electron chi connectivity index (χ2n) is 9.79. The van der Waals surface area contributed by atoms with Crippen molar-refractivity contribution in [2.24, 2.45) is 0 Å². The molecule has 1 amide bonds. The molecule has 2 heterocycles. The van der Waals surface area contributed by atoms with Gasteiger partial charge in [-0.2, -0.15) is 0 Å². The number of benzene rings is 2. The van der Waals surface area contributed by atoms with Crippen molar-refractivity contribution in [1.29, 1.82) is 0 Å². The third-order valence-electron chi connectivity index (χ3n) is 7.12. The van der Waals surface area contributed by atoms with Gasteiger partial charge in [-0.05, 0) is 74.3 Å². The number of hydrogen-bond donors (Lipinski definition) is 3. The number of halogens is 1. The summed E-state index contributed by atoms with van der Waals surface area (Å²) in [5.74, 6) is -0.798. The largest absolute Gasteiger partial charge is 0.486 e. The van der Waals surface area contributed by atoms with E-state index < -0.39 is 11.9 Å². The molecule has 3 N–H and O–H groups in total. The molecule has 0 saturated carbocycles. The number of aromatic amines is 1. The lowest BCUT2D eigenvalue weighted by molar-refractivity contribution is -0.141. The van der Waals surface area contributed by atoms with E-state index in [4.69, 9.17) is 9.47 Å². The van der Waals surface area contributed by atoms with Gasteiger partial charge in [0.2, 0.25) is 6.41 Å². The summed E-state index contributed by atoms with van der Waals surface area (Å²) in [6.07, 6.45) is 2.98. The van der Waals surface area contributed by atoms with Crippen LogP contribution in [-0.2, 0) is 36.8 Å². The number of aldehydes is 1. The number of fused-ring (bicyclic) bond motifs is 5. The molecule has 2 atom stereocenters. The predicted octanol–water partition coefficient (Wildman–Crippen LogP) is 3.68. The van der Waals surface area contributed by atoms with Gasteiger partial charge in [-0.1, -0.05) is 0 Å². The van der Waals surface area contributed by atoms with Gasteiger partial charge in [-0.25, -0.2) is 9.18 Å². The number of rotatable bonds is 9. The second-order valence-corrected chi connectivity index (χ2v) is 10.9. The van der Waals surface area contributed by atoms with E-state index in [9.17, 15) is 28.7 Å². The van der Waals surface area contributed by atoms with Crippen molar-refractivity contribution in [1.82, 2.24) is 15.2 Å². The smallest absolute Gasteiger partial charge is 0.352 e. The van der Waals surface area contributed by atoms with Gasteiger partial charge in [-0.15, -0.1) is 11.8 Å². The van der Waals surface area contributed by atoms with Crippen molar-refractivity contribution < 1.29 is 38.1 Å². The van der Waals surface area contributed by atoms with Gasteiger partial charge < -0.3 is 24.9 Å². The van der Waals surface area contributed by atoms with E-state index in [1.54, 1.807) is 19.2 Å². The molecular formula is C30H32FN3O7S. The Balaban J connectivity index is 0.000000194. The summed E-state index contributed by atoms with van der Waals surface area (Å²) in [6, 6.07) is 10.6. The minimum absolute atomic E-state index is 0.0652. The number of ether oxygens (including phenoxy) is 2. The fourth-order valence-electron chi connectivity index (χ4n) is 5.06. The van der Waals surface area contributed by atoms with Gasteiger partial charge in [0.05, 0.1) is 5.37 Å². The van der Waals surface area contributed by atoms with E-state index in [1.807, 2.05) is 25.1 Å². The molecule has 2 unspecified atom stereocenters. The Morgan fingerprint density at radius 2 is 2.02 bits per heavy atom.